The van der Waals surface area contributed by atoms with E-state index in [1.54, 1.807) is 24.2 Å². The normalized spacial score (nSPS) is 18.1. The number of likely N-dealkylation sites (tertiary alicyclic amines) is 1. The summed E-state index contributed by atoms with van der Waals surface area (Å²) in [5, 5.41) is 12.4. The Kier molecular flexibility index (Phi) is 6.74. The first kappa shape index (κ1) is 23.0. The number of aromatic nitrogens is 3. The lowest BCUT2D eigenvalue weighted by molar-refractivity contribution is 0.159. The van der Waals surface area contributed by atoms with Crippen molar-refractivity contribution in [2.75, 3.05) is 38.7 Å². The van der Waals surface area contributed by atoms with Crippen LogP contribution in [0.5, 0.6) is 0 Å². The Labute approximate surface area is 204 Å². The third-order valence-electron chi connectivity index (χ3n) is 6.57. The van der Waals surface area contributed by atoms with Gasteiger partial charge in [0.2, 0.25) is 0 Å². The summed E-state index contributed by atoms with van der Waals surface area (Å²) in [5.74, 6) is 0.210. The minimum atomic E-state index is -0.231. The molecule has 0 spiro atoms. The van der Waals surface area contributed by atoms with Crippen LogP contribution in [0, 0.1) is 0 Å². The van der Waals surface area contributed by atoms with Crippen molar-refractivity contribution in [3.05, 3.63) is 78.8 Å². The van der Waals surface area contributed by atoms with Crippen molar-refractivity contribution in [1.82, 2.24) is 25.0 Å². The maximum atomic E-state index is 13.2. The molecule has 0 radical (unpaired) electrons. The molecule has 0 bridgehead atoms. The number of hydrogen-bond acceptors (Lipinski definition) is 5. The van der Waals surface area contributed by atoms with Gasteiger partial charge in [0.1, 0.15) is 0 Å². The fourth-order valence-electron chi connectivity index (χ4n) is 4.87. The minimum absolute atomic E-state index is 0.0110. The SMILES string of the molecule is COCCN1C[C@@H](NC(=O)Nc2cnc(-c3cnn(C)c3)c3ccccc23)[C@H](c2ccccc2)C1. The van der Waals surface area contributed by atoms with E-state index >= 15 is 0 Å². The summed E-state index contributed by atoms with van der Waals surface area (Å²) in [6.07, 6.45) is 5.46. The maximum absolute atomic E-state index is 13.2. The average molecular weight is 471 g/mol. The predicted molar refractivity (Wildman–Crippen MR) is 137 cm³/mol. The summed E-state index contributed by atoms with van der Waals surface area (Å²) < 4.78 is 7.03. The van der Waals surface area contributed by atoms with Crippen molar-refractivity contribution in [3.8, 4) is 11.3 Å². The van der Waals surface area contributed by atoms with Crippen molar-refractivity contribution in [2.45, 2.75) is 12.0 Å². The molecule has 180 valence electrons. The number of fused-ring (bicyclic) bond motifs is 1. The zero-order chi connectivity index (χ0) is 24.2. The Morgan fingerprint density at radius 1 is 1.06 bits per heavy atom. The molecule has 2 atom stereocenters. The summed E-state index contributed by atoms with van der Waals surface area (Å²) in [6.45, 7) is 3.16. The summed E-state index contributed by atoms with van der Waals surface area (Å²) in [7, 11) is 3.60. The van der Waals surface area contributed by atoms with Crippen molar-refractivity contribution in [3.63, 3.8) is 0 Å². The van der Waals surface area contributed by atoms with E-state index in [1.807, 2.05) is 55.7 Å². The fraction of sp³-hybridized carbons (Fsp3) is 0.296. The van der Waals surface area contributed by atoms with E-state index in [-0.39, 0.29) is 18.0 Å². The van der Waals surface area contributed by atoms with Crippen molar-refractivity contribution in [1.29, 1.82) is 0 Å². The number of nitrogens with zero attached hydrogens (tertiary/aromatic N) is 4. The third kappa shape index (κ3) is 5.03. The highest BCUT2D eigenvalue weighted by Gasteiger charge is 2.34. The number of ether oxygens (including phenoxy) is 1. The second-order valence-corrected chi connectivity index (χ2v) is 8.94. The molecular weight excluding hydrogens is 440 g/mol. The Hall–Kier alpha value is -3.75. The first-order chi connectivity index (χ1) is 17.1. The van der Waals surface area contributed by atoms with E-state index in [9.17, 15) is 4.79 Å². The Morgan fingerprint density at radius 2 is 1.83 bits per heavy atom. The highest BCUT2D eigenvalue weighted by molar-refractivity contribution is 6.05. The van der Waals surface area contributed by atoms with Gasteiger partial charge < -0.3 is 15.4 Å². The first-order valence-corrected chi connectivity index (χ1v) is 11.8. The Balaban J connectivity index is 1.36. The number of aryl methyl sites for hydroxylation is 1. The van der Waals surface area contributed by atoms with Crippen LogP contribution in [0.3, 0.4) is 0 Å². The lowest BCUT2D eigenvalue weighted by Crippen LogP contribution is -2.42. The highest BCUT2D eigenvalue weighted by atomic mass is 16.5. The topological polar surface area (TPSA) is 84.3 Å². The number of pyridine rings is 1. The molecular formula is C27H30N6O2. The molecule has 1 aliphatic heterocycles. The monoisotopic (exact) mass is 470 g/mol. The molecule has 0 unspecified atom stereocenters. The van der Waals surface area contributed by atoms with Gasteiger partial charge in [0.15, 0.2) is 0 Å². The van der Waals surface area contributed by atoms with Crippen LogP contribution in [-0.4, -0.2) is 65.1 Å². The van der Waals surface area contributed by atoms with Crippen molar-refractivity contribution >= 4 is 22.5 Å². The molecule has 1 aliphatic rings. The third-order valence-corrected chi connectivity index (χ3v) is 6.57. The zero-order valence-corrected chi connectivity index (χ0v) is 20.0. The van der Waals surface area contributed by atoms with Gasteiger partial charge in [0.25, 0.3) is 0 Å². The van der Waals surface area contributed by atoms with Gasteiger partial charge in [-0.2, -0.15) is 5.10 Å². The summed E-state index contributed by atoms with van der Waals surface area (Å²) >= 11 is 0. The fourth-order valence-corrected chi connectivity index (χ4v) is 4.87. The number of hydrogen-bond donors (Lipinski definition) is 2. The molecule has 5 rings (SSSR count). The molecule has 2 aromatic heterocycles. The first-order valence-electron chi connectivity index (χ1n) is 11.8. The van der Waals surface area contributed by atoms with Gasteiger partial charge in [-0.25, -0.2) is 4.79 Å². The Morgan fingerprint density at radius 3 is 2.57 bits per heavy atom. The second-order valence-electron chi connectivity index (χ2n) is 8.94. The lowest BCUT2D eigenvalue weighted by atomic mass is 9.94. The zero-order valence-electron chi connectivity index (χ0n) is 20.0. The number of anilines is 1. The van der Waals surface area contributed by atoms with Crippen LogP contribution in [0.25, 0.3) is 22.0 Å². The van der Waals surface area contributed by atoms with E-state index in [4.69, 9.17) is 4.74 Å². The van der Waals surface area contributed by atoms with Gasteiger partial charge in [-0.05, 0) is 5.56 Å². The second kappa shape index (κ2) is 10.2. The van der Waals surface area contributed by atoms with E-state index in [0.29, 0.717) is 12.3 Å². The lowest BCUT2D eigenvalue weighted by Gasteiger charge is -2.21. The van der Waals surface area contributed by atoms with Gasteiger partial charge in [0, 0.05) is 62.2 Å². The standard InChI is InChI=1S/C27H30N6O2/c1-32-16-20(14-29-32)26-22-11-7-6-10-21(22)24(15-28-26)30-27(34)31-25-18-33(12-13-35-2)17-23(25)19-8-4-3-5-9-19/h3-11,14-16,23,25H,12-13,17-18H2,1-2H3,(H2,30,31,34)/t23-,25+/m0/s1. The number of urea groups is 1. The van der Waals surface area contributed by atoms with Gasteiger partial charge in [-0.3, -0.25) is 14.6 Å². The smallest absolute Gasteiger partial charge is 0.319 e. The molecule has 2 N–H and O–H groups in total. The maximum Gasteiger partial charge on any atom is 0.319 e. The average Bonchev–Trinajstić information content (AvgIpc) is 3.49. The van der Waals surface area contributed by atoms with Crippen LogP contribution >= 0.6 is 0 Å². The molecule has 1 fully saturated rings. The molecule has 0 saturated carbocycles. The number of nitrogens with one attached hydrogen (secondary N) is 2. The van der Waals surface area contributed by atoms with Crippen LogP contribution in [0.15, 0.2) is 73.2 Å². The highest BCUT2D eigenvalue weighted by Crippen LogP contribution is 2.31. The van der Waals surface area contributed by atoms with Crippen LogP contribution in [-0.2, 0) is 11.8 Å². The summed E-state index contributed by atoms with van der Waals surface area (Å²) in [6, 6.07) is 18.1. The van der Waals surface area contributed by atoms with Gasteiger partial charge >= 0.3 is 6.03 Å². The summed E-state index contributed by atoms with van der Waals surface area (Å²) in [4.78, 5) is 20.2. The molecule has 8 nitrogen and oxygen atoms in total. The van der Waals surface area contributed by atoms with E-state index in [1.165, 1.54) is 5.56 Å². The van der Waals surface area contributed by atoms with Gasteiger partial charge in [0.05, 0.1) is 36.4 Å². The van der Waals surface area contributed by atoms with Crippen LogP contribution in [0.2, 0.25) is 0 Å². The number of methoxy groups -OCH3 is 1. The number of carbonyl (C=O) groups excluding carboxylic acids is 1. The predicted octanol–water partition coefficient (Wildman–Crippen LogP) is 3.87. The van der Waals surface area contributed by atoms with Crippen molar-refractivity contribution in [2.24, 2.45) is 7.05 Å². The largest absolute Gasteiger partial charge is 0.383 e. The van der Waals surface area contributed by atoms with E-state index < -0.39 is 0 Å². The molecule has 2 aromatic carbocycles. The molecule has 2 amide bonds. The number of benzene rings is 2. The summed E-state index contributed by atoms with van der Waals surface area (Å²) in [5.41, 5.74) is 3.68. The molecule has 8 heteroatoms. The quantitative estimate of drug-likeness (QED) is 0.428. The number of rotatable bonds is 7. The molecule has 4 aromatic rings. The van der Waals surface area contributed by atoms with Gasteiger partial charge in [-0.1, -0.05) is 54.6 Å². The minimum Gasteiger partial charge on any atom is -0.383 e. The molecule has 35 heavy (non-hydrogen) atoms. The number of carbonyl (C=O) groups is 1. The van der Waals surface area contributed by atoms with E-state index in [0.717, 1.165) is 41.7 Å². The van der Waals surface area contributed by atoms with Crippen LogP contribution in [0.1, 0.15) is 11.5 Å². The van der Waals surface area contributed by atoms with E-state index in [2.05, 4.69) is 37.7 Å². The van der Waals surface area contributed by atoms with Crippen molar-refractivity contribution < 1.29 is 9.53 Å². The molecule has 1 saturated heterocycles. The molecule has 0 aliphatic carbocycles. The Bertz CT molecular complexity index is 1310. The number of amides is 2. The van der Waals surface area contributed by atoms with Gasteiger partial charge in [-0.15, -0.1) is 0 Å². The van der Waals surface area contributed by atoms with Crippen LogP contribution in [0.4, 0.5) is 10.5 Å². The van der Waals surface area contributed by atoms with Crippen LogP contribution < -0.4 is 10.6 Å². The molecule has 3 heterocycles.